The number of esters is 1. The van der Waals surface area contributed by atoms with Crippen molar-refractivity contribution in [3.63, 3.8) is 0 Å². The van der Waals surface area contributed by atoms with Crippen LogP contribution < -0.4 is 9.92 Å². The molecule has 0 fully saturated rings. The van der Waals surface area contributed by atoms with E-state index in [4.69, 9.17) is 14.7 Å². The molecule has 1 atom stereocenters. The van der Waals surface area contributed by atoms with E-state index in [2.05, 4.69) is 0 Å². The molecule has 1 unspecified atom stereocenters. The van der Waals surface area contributed by atoms with Gasteiger partial charge in [-0.25, -0.2) is 0 Å². The fraction of sp³-hybridized carbons (Fsp3) is 0.400. The van der Waals surface area contributed by atoms with Crippen LogP contribution in [0.2, 0.25) is 0 Å². The zero-order valence-corrected chi connectivity index (χ0v) is 12.9. The lowest BCUT2D eigenvalue weighted by Crippen LogP contribution is -2.29. The molecule has 0 aliphatic carbocycles. The van der Waals surface area contributed by atoms with Crippen LogP contribution in [0.3, 0.4) is 0 Å². The average molecular weight is 295 g/mol. The predicted molar refractivity (Wildman–Crippen MR) is 82.2 cm³/mol. The molecule has 0 aliphatic rings. The first-order valence-corrected chi connectivity index (χ1v) is 7.20. The Bertz CT molecular complexity index is 440. The fourth-order valence-corrected chi connectivity index (χ4v) is 1.88. The number of hydrogen-bond donors (Lipinski definition) is 1. The van der Waals surface area contributed by atoms with Crippen molar-refractivity contribution in [1.82, 2.24) is 0 Å². The molecule has 0 heterocycles. The van der Waals surface area contributed by atoms with Crippen molar-refractivity contribution in [2.24, 2.45) is 5.73 Å². The van der Waals surface area contributed by atoms with E-state index in [1.54, 1.807) is 11.5 Å². The molecule has 0 aliphatic heterocycles. The minimum atomic E-state index is -0.480. The second-order valence-corrected chi connectivity index (χ2v) is 5.91. The van der Waals surface area contributed by atoms with Crippen molar-refractivity contribution in [2.45, 2.75) is 38.8 Å². The number of ether oxygens (including phenoxy) is 1. The summed E-state index contributed by atoms with van der Waals surface area (Å²) in [5.41, 5.74) is 5.34. The van der Waals surface area contributed by atoms with E-state index in [-0.39, 0.29) is 18.4 Å². The molecule has 0 radical (unpaired) electrons. The van der Waals surface area contributed by atoms with Crippen molar-refractivity contribution < 1.29 is 13.7 Å². The summed E-state index contributed by atoms with van der Waals surface area (Å²) in [6.07, 6.45) is 1.87. The van der Waals surface area contributed by atoms with Gasteiger partial charge in [0.1, 0.15) is 11.4 Å². The van der Waals surface area contributed by atoms with Crippen molar-refractivity contribution in [1.29, 1.82) is 0 Å². The Morgan fingerprint density at radius 3 is 2.60 bits per heavy atom. The number of carbonyl (C=O) groups is 1. The van der Waals surface area contributed by atoms with E-state index in [9.17, 15) is 4.79 Å². The van der Waals surface area contributed by atoms with E-state index >= 15 is 0 Å². The largest absolute Gasteiger partial charge is 0.460 e. The van der Waals surface area contributed by atoms with Crippen molar-refractivity contribution in [3.05, 3.63) is 41.8 Å². The Labute approximate surface area is 124 Å². The minimum Gasteiger partial charge on any atom is -0.460 e. The predicted octanol–water partition coefficient (Wildman–Crippen LogP) is 3.29. The van der Waals surface area contributed by atoms with E-state index < -0.39 is 5.60 Å². The average Bonchev–Trinajstić information content (AvgIpc) is 2.33. The van der Waals surface area contributed by atoms with Gasteiger partial charge in [-0.2, -0.15) is 0 Å². The molecule has 5 heteroatoms. The van der Waals surface area contributed by atoms with E-state index in [0.29, 0.717) is 0 Å². The molecule has 0 saturated heterocycles. The number of nitrogens with two attached hydrogens (primary N) is 1. The Hall–Kier alpha value is -1.46. The number of benzene rings is 1. The highest BCUT2D eigenvalue weighted by Gasteiger charge is 2.17. The molecular formula is C15H21NO3S. The second-order valence-electron chi connectivity index (χ2n) is 5.28. The van der Waals surface area contributed by atoms with Crippen LogP contribution in [-0.2, 0) is 9.53 Å². The van der Waals surface area contributed by atoms with Crippen LogP contribution in [0.5, 0.6) is 5.75 Å². The van der Waals surface area contributed by atoms with Gasteiger partial charge in [-0.3, -0.25) is 4.79 Å². The molecule has 1 rings (SSSR count). The third-order valence-electron chi connectivity index (χ3n) is 2.09. The van der Waals surface area contributed by atoms with Crippen molar-refractivity contribution in [2.75, 3.05) is 0 Å². The number of rotatable bonds is 6. The minimum absolute atomic E-state index is 0.152. The molecule has 4 nitrogen and oxygen atoms in total. The highest BCUT2D eigenvalue weighted by Crippen LogP contribution is 2.16. The molecule has 0 aromatic heterocycles. The van der Waals surface area contributed by atoms with Gasteiger partial charge in [0.15, 0.2) is 0 Å². The van der Waals surface area contributed by atoms with Crippen LogP contribution in [-0.4, -0.2) is 17.6 Å². The lowest BCUT2D eigenvalue weighted by atomic mass is 10.2. The number of carbonyl (C=O) groups excluding carboxylic acids is 1. The summed E-state index contributed by atoms with van der Waals surface area (Å²) in [5, 5.41) is 1.72. The lowest BCUT2D eigenvalue weighted by Gasteiger charge is -2.20. The monoisotopic (exact) mass is 295 g/mol. The summed E-state index contributed by atoms with van der Waals surface area (Å²) in [7, 11) is 0. The molecular weight excluding hydrogens is 274 g/mol. The SMILES string of the molecule is CC(C)(C)OC(=O)CC(N)/C=C/SOc1ccccc1. The molecule has 1 aromatic rings. The molecule has 0 saturated carbocycles. The normalized spacial score (nSPS) is 13.2. The molecule has 0 amide bonds. The summed E-state index contributed by atoms with van der Waals surface area (Å²) in [4.78, 5) is 11.5. The van der Waals surface area contributed by atoms with Gasteiger partial charge in [-0.1, -0.05) is 24.3 Å². The Morgan fingerprint density at radius 2 is 2.00 bits per heavy atom. The van der Waals surface area contributed by atoms with E-state index in [1.807, 2.05) is 51.1 Å². The van der Waals surface area contributed by atoms with Crippen molar-refractivity contribution >= 4 is 18.0 Å². The Kier molecular flexibility index (Phi) is 6.61. The van der Waals surface area contributed by atoms with Crippen LogP contribution >= 0.6 is 12.0 Å². The van der Waals surface area contributed by atoms with Gasteiger partial charge < -0.3 is 14.7 Å². The lowest BCUT2D eigenvalue weighted by molar-refractivity contribution is -0.154. The summed E-state index contributed by atoms with van der Waals surface area (Å²) < 4.78 is 10.6. The van der Waals surface area contributed by atoms with Gasteiger partial charge in [-0.15, -0.1) is 0 Å². The maximum Gasteiger partial charge on any atom is 0.308 e. The highest BCUT2D eigenvalue weighted by molar-refractivity contribution is 7.97. The van der Waals surface area contributed by atoms with Gasteiger partial charge in [0.05, 0.1) is 18.5 Å². The zero-order chi connectivity index (χ0) is 15.0. The summed E-state index contributed by atoms with van der Waals surface area (Å²) in [6, 6.07) is 9.06. The van der Waals surface area contributed by atoms with Gasteiger partial charge in [0.2, 0.25) is 0 Å². The van der Waals surface area contributed by atoms with Gasteiger partial charge in [0.25, 0.3) is 0 Å². The summed E-state index contributed by atoms with van der Waals surface area (Å²) in [5.74, 6) is 0.464. The first kappa shape index (κ1) is 16.6. The molecule has 110 valence electrons. The van der Waals surface area contributed by atoms with Gasteiger partial charge in [-0.05, 0) is 32.9 Å². The summed E-state index contributed by atoms with van der Waals surface area (Å²) in [6.45, 7) is 5.49. The zero-order valence-electron chi connectivity index (χ0n) is 12.0. The Balaban J connectivity index is 2.26. The third kappa shape index (κ3) is 7.86. The Morgan fingerprint density at radius 1 is 1.35 bits per heavy atom. The fourth-order valence-electron chi connectivity index (χ4n) is 1.34. The van der Waals surface area contributed by atoms with Crippen LogP contribution in [0.4, 0.5) is 0 Å². The third-order valence-corrected chi connectivity index (χ3v) is 2.65. The van der Waals surface area contributed by atoms with Crippen LogP contribution in [0.15, 0.2) is 41.8 Å². The smallest absolute Gasteiger partial charge is 0.308 e. The van der Waals surface area contributed by atoms with Crippen LogP contribution in [0.25, 0.3) is 0 Å². The van der Waals surface area contributed by atoms with Crippen LogP contribution in [0, 0.1) is 0 Å². The van der Waals surface area contributed by atoms with Crippen LogP contribution in [0.1, 0.15) is 27.2 Å². The van der Waals surface area contributed by atoms with Crippen molar-refractivity contribution in [3.8, 4) is 5.75 Å². The molecule has 1 aromatic carbocycles. The molecule has 20 heavy (non-hydrogen) atoms. The first-order valence-electron chi connectivity index (χ1n) is 6.39. The highest BCUT2D eigenvalue weighted by atomic mass is 32.2. The molecule has 2 N–H and O–H groups in total. The van der Waals surface area contributed by atoms with E-state index in [1.165, 1.54) is 0 Å². The van der Waals surface area contributed by atoms with Gasteiger partial charge in [0, 0.05) is 11.4 Å². The first-order chi connectivity index (χ1) is 9.37. The van der Waals surface area contributed by atoms with Gasteiger partial charge >= 0.3 is 5.97 Å². The number of para-hydroxylation sites is 1. The topological polar surface area (TPSA) is 61.5 Å². The standard InChI is InChI=1S/C15H21NO3S/c1-15(2,3)18-14(17)11-12(16)9-10-20-19-13-7-5-4-6-8-13/h4-10,12H,11,16H2,1-3H3/b10-9+. The molecule has 0 bridgehead atoms. The second kappa shape index (κ2) is 7.97. The summed E-state index contributed by atoms with van der Waals surface area (Å²) >= 11 is 1.16. The maximum absolute atomic E-state index is 11.5. The molecule has 0 spiro atoms. The van der Waals surface area contributed by atoms with E-state index in [0.717, 1.165) is 17.8 Å². The quantitative estimate of drug-likeness (QED) is 0.644. The number of hydrogen-bond acceptors (Lipinski definition) is 5. The maximum atomic E-state index is 11.5.